The molecule has 55 heavy (non-hydrogen) atoms. The summed E-state index contributed by atoms with van der Waals surface area (Å²) in [5, 5.41) is 16.9. The molecule has 0 aliphatic heterocycles. The Morgan fingerprint density at radius 2 is 0.982 bits per heavy atom. The average molecular weight is 700 g/mol. The van der Waals surface area contributed by atoms with E-state index in [0.29, 0.717) is 11.3 Å². The SMILES string of the molecule is [C-]#[N+]c1ccc(-n2c3ccccc3c3c(C#N)cccc32)c(-c2cccc(-n3c4ccccc4c4cc(-n5c6ccccc6c6ccccc65)ccc43)c2)c1. The Kier molecular flexibility index (Phi) is 6.61. The molecule has 0 N–H and O–H groups in total. The van der Waals surface area contributed by atoms with E-state index < -0.39 is 0 Å². The Hall–Kier alpha value is -7.86. The van der Waals surface area contributed by atoms with E-state index in [4.69, 9.17) is 6.57 Å². The highest BCUT2D eigenvalue weighted by Crippen LogP contribution is 2.41. The summed E-state index contributed by atoms with van der Waals surface area (Å²) in [5.41, 5.74) is 12.8. The molecule has 5 nitrogen and oxygen atoms in total. The second kappa shape index (κ2) is 11.8. The van der Waals surface area contributed by atoms with Crippen LogP contribution in [0.5, 0.6) is 0 Å². The largest absolute Gasteiger partial charge is 0.309 e. The highest BCUT2D eigenvalue weighted by Gasteiger charge is 2.20. The lowest BCUT2D eigenvalue weighted by Gasteiger charge is -2.16. The lowest BCUT2D eigenvalue weighted by Crippen LogP contribution is -1.99. The van der Waals surface area contributed by atoms with Gasteiger partial charge < -0.3 is 13.7 Å². The quantitative estimate of drug-likeness (QED) is 0.169. The monoisotopic (exact) mass is 699 g/mol. The van der Waals surface area contributed by atoms with E-state index in [9.17, 15) is 5.26 Å². The maximum Gasteiger partial charge on any atom is 0.188 e. The van der Waals surface area contributed by atoms with Crippen LogP contribution in [0.1, 0.15) is 5.56 Å². The third-order valence-electron chi connectivity index (χ3n) is 11.1. The van der Waals surface area contributed by atoms with E-state index in [1.165, 1.54) is 32.6 Å². The predicted octanol–water partition coefficient (Wildman–Crippen LogP) is 13.1. The fourth-order valence-corrected chi connectivity index (χ4v) is 8.78. The maximum absolute atomic E-state index is 10.1. The lowest BCUT2D eigenvalue weighted by molar-refractivity contribution is 1.16. The predicted molar refractivity (Wildman–Crippen MR) is 226 cm³/mol. The average Bonchev–Trinajstić information content (AvgIpc) is 3.89. The van der Waals surface area contributed by atoms with Crippen LogP contribution in [0.25, 0.3) is 98.5 Å². The molecule has 11 aromatic rings. The molecule has 3 heterocycles. The van der Waals surface area contributed by atoms with Crippen LogP contribution in [0.2, 0.25) is 0 Å². The van der Waals surface area contributed by atoms with Gasteiger partial charge in [-0.3, -0.25) is 0 Å². The molecule has 0 aliphatic carbocycles. The zero-order valence-electron chi connectivity index (χ0n) is 29.5. The molecule has 0 amide bonds. The zero-order valence-corrected chi connectivity index (χ0v) is 29.5. The second-order valence-corrected chi connectivity index (χ2v) is 14.0. The zero-order chi connectivity index (χ0) is 36.6. The second-order valence-electron chi connectivity index (χ2n) is 14.0. The fourth-order valence-electron chi connectivity index (χ4n) is 8.78. The van der Waals surface area contributed by atoms with Crippen LogP contribution in [0, 0.1) is 17.9 Å². The van der Waals surface area contributed by atoms with Gasteiger partial charge in [-0.2, -0.15) is 5.26 Å². The number of fused-ring (bicyclic) bond motifs is 9. The van der Waals surface area contributed by atoms with Gasteiger partial charge in [-0.05, 0) is 90.0 Å². The van der Waals surface area contributed by atoms with Gasteiger partial charge in [0.1, 0.15) is 0 Å². The Morgan fingerprint density at radius 3 is 1.64 bits per heavy atom. The summed E-state index contributed by atoms with van der Waals surface area (Å²) in [6.45, 7) is 7.93. The summed E-state index contributed by atoms with van der Waals surface area (Å²) in [6, 6.07) is 63.7. The molecule has 0 saturated carbocycles. The van der Waals surface area contributed by atoms with Crippen LogP contribution in [0.4, 0.5) is 5.69 Å². The number of rotatable bonds is 4. The Morgan fingerprint density at radius 1 is 0.436 bits per heavy atom. The van der Waals surface area contributed by atoms with Gasteiger partial charge in [-0.1, -0.05) is 97.1 Å². The van der Waals surface area contributed by atoms with Crippen molar-refractivity contribution < 1.29 is 0 Å². The molecule has 0 unspecified atom stereocenters. The Labute approximate surface area is 316 Å². The molecular formula is C50H29N5. The van der Waals surface area contributed by atoms with Crippen molar-refractivity contribution in [3.05, 3.63) is 193 Å². The van der Waals surface area contributed by atoms with Gasteiger partial charge >= 0.3 is 0 Å². The number of benzene rings is 8. The molecule has 8 aromatic carbocycles. The van der Waals surface area contributed by atoms with Crippen LogP contribution in [-0.2, 0) is 0 Å². The summed E-state index contributed by atoms with van der Waals surface area (Å²) in [6.07, 6.45) is 0. The first-order chi connectivity index (χ1) is 27.2. The van der Waals surface area contributed by atoms with Gasteiger partial charge in [0.2, 0.25) is 0 Å². The van der Waals surface area contributed by atoms with Crippen molar-refractivity contribution in [1.29, 1.82) is 5.26 Å². The minimum Gasteiger partial charge on any atom is -0.309 e. The Balaban J connectivity index is 1.13. The van der Waals surface area contributed by atoms with E-state index in [0.717, 1.165) is 61.0 Å². The summed E-state index contributed by atoms with van der Waals surface area (Å²) in [5.74, 6) is 0. The standard InChI is InChI=1S/C50H29N5/c1-52-34-24-26-47(55-46-22-9-5-18-40(46)50-33(31-51)13-11-23-49(50)55)41(29-34)32-12-10-14-35(28-32)53-45-21-8-4-17-39(45)42-30-36(25-27-48(42)53)54-43-19-6-2-15-37(43)38-16-3-7-20-44(38)54/h2-30H. The van der Waals surface area contributed by atoms with E-state index in [1.54, 1.807) is 0 Å². The number of aromatic nitrogens is 3. The highest BCUT2D eigenvalue weighted by atomic mass is 15.0. The number of para-hydroxylation sites is 4. The third kappa shape index (κ3) is 4.45. The summed E-state index contributed by atoms with van der Waals surface area (Å²) < 4.78 is 6.96. The van der Waals surface area contributed by atoms with Crippen LogP contribution >= 0.6 is 0 Å². The fraction of sp³-hybridized carbons (Fsp3) is 0. The van der Waals surface area contributed by atoms with Crippen molar-refractivity contribution in [2.24, 2.45) is 0 Å². The lowest BCUT2D eigenvalue weighted by atomic mass is 10.0. The number of hydrogen-bond acceptors (Lipinski definition) is 1. The van der Waals surface area contributed by atoms with Crippen LogP contribution in [0.15, 0.2) is 176 Å². The molecule has 254 valence electrons. The molecule has 0 radical (unpaired) electrons. The molecule has 0 aliphatic rings. The van der Waals surface area contributed by atoms with E-state index in [2.05, 4.69) is 158 Å². The third-order valence-corrected chi connectivity index (χ3v) is 11.1. The normalized spacial score (nSPS) is 11.6. The van der Waals surface area contributed by atoms with Gasteiger partial charge in [-0.15, -0.1) is 0 Å². The van der Waals surface area contributed by atoms with Gasteiger partial charge in [0.05, 0.1) is 57.0 Å². The van der Waals surface area contributed by atoms with Crippen molar-refractivity contribution in [3.8, 4) is 34.3 Å². The molecule has 11 rings (SSSR count). The summed E-state index contributed by atoms with van der Waals surface area (Å²) in [4.78, 5) is 3.84. The Bertz CT molecular complexity index is 3420. The van der Waals surface area contributed by atoms with Crippen molar-refractivity contribution in [1.82, 2.24) is 13.7 Å². The van der Waals surface area contributed by atoms with Crippen LogP contribution in [0.3, 0.4) is 0 Å². The molecule has 5 heteroatoms. The number of hydrogen-bond donors (Lipinski definition) is 0. The van der Waals surface area contributed by atoms with E-state index in [-0.39, 0.29) is 0 Å². The minimum atomic E-state index is 0.567. The molecule has 0 bridgehead atoms. The smallest absolute Gasteiger partial charge is 0.188 e. The first-order valence-corrected chi connectivity index (χ1v) is 18.3. The molecule has 0 atom stereocenters. The van der Waals surface area contributed by atoms with Crippen molar-refractivity contribution >= 4 is 71.1 Å². The topological polar surface area (TPSA) is 42.9 Å². The number of nitrogens with zero attached hydrogens (tertiary/aromatic N) is 5. The molecule has 0 fully saturated rings. The number of nitriles is 1. The van der Waals surface area contributed by atoms with Crippen LogP contribution in [-0.4, -0.2) is 13.7 Å². The maximum atomic E-state index is 10.1. The molecular weight excluding hydrogens is 671 g/mol. The highest BCUT2D eigenvalue weighted by molar-refractivity contribution is 6.14. The van der Waals surface area contributed by atoms with E-state index >= 15 is 0 Å². The molecule has 3 aromatic heterocycles. The van der Waals surface area contributed by atoms with Crippen LogP contribution < -0.4 is 0 Å². The van der Waals surface area contributed by atoms with Gasteiger partial charge in [0.25, 0.3) is 0 Å². The van der Waals surface area contributed by atoms with Gasteiger partial charge in [0, 0.05) is 43.7 Å². The van der Waals surface area contributed by atoms with Gasteiger partial charge in [0.15, 0.2) is 5.69 Å². The van der Waals surface area contributed by atoms with Crippen molar-refractivity contribution in [2.45, 2.75) is 0 Å². The first kappa shape index (κ1) is 30.7. The van der Waals surface area contributed by atoms with E-state index in [1.807, 2.05) is 42.5 Å². The summed E-state index contributed by atoms with van der Waals surface area (Å²) >= 11 is 0. The minimum absolute atomic E-state index is 0.567. The first-order valence-electron chi connectivity index (χ1n) is 18.3. The molecule has 0 saturated heterocycles. The summed E-state index contributed by atoms with van der Waals surface area (Å²) in [7, 11) is 0. The van der Waals surface area contributed by atoms with Gasteiger partial charge in [-0.25, -0.2) is 4.85 Å². The van der Waals surface area contributed by atoms with Crippen molar-refractivity contribution in [2.75, 3.05) is 0 Å². The van der Waals surface area contributed by atoms with Crippen molar-refractivity contribution in [3.63, 3.8) is 0 Å². The molecule has 0 spiro atoms.